The zero-order chi connectivity index (χ0) is 14.5. The Morgan fingerprint density at radius 1 is 1.35 bits per heavy atom. The standard InChI is InChI=1S/C15H21N3S2/c1-10(2)6-16-7-13-5-11(3)14(17-8-13)20-15-18-12(4)9-19-15/h5,8-10,16H,6-7H2,1-4H3. The highest BCUT2D eigenvalue weighted by Crippen LogP contribution is 2.31. The molecule has 0 aromatic carbocycles. The summed E-state index contributed by atoms with van der Waals surface area (Å²) in [5, 5.41) is 6.56. The van der Waals surface area contributed by atoms with Crippen molar-refractivity contribution in [2.75, 3.05) is 6.54 Å². The van der Waals surface area contributed by atoms with E-state index in [4.69, 9.17) is 0 Å². The predicted octanol–water partition coefficient (Wildman–Crippen LogP) is 4.05. The summed E-state index contributed by atoms with van der Waals surface area (Å²) in [6, 6.07) is 2.21. The van der Waals surface area contributed by atoms with Gasteiger partial charge in [0, 0.05) is 23.8 Å². The molecule has 0 aliphatic rings. The second-order valence-electron chi connectivity index (χ2n) is 5.35. The number of hydrogen-bond donors (Lipinski definition) is 1. The van der Waals surface area contributed by atoms with Crippen LogP contribution in [0.2, 0.25) is 0 Å². The number of aryl methyl sites for hydroxylation is 2. The number of nitrogens with one attached hydrogen (secondary N) is 1. The van der Waals surface area contributed by atoms with E-state index in [0.717, 1.165) is 28.1 Å². The van der Waals surface area contributed by atoms with Crippen LogP contribution in [0.1, 0.15) is 30.7 Å². The number of hydrogen-bond acceptors (Lipinski definition) is 5. The largest absolute Gasteiger partial charge is 0.312 e. The minimum absolute atomic E-state index is 0.673. The van der Waals surface area contributed by atoms with Gasteiger partial charge in [0.2, 0.25) is 0 Å². The lowest BCUT2D eigenvalue weighted by Gasteiger charge is -2.09. The maximum atomic E-state index is 4.57. The van der Waals surface area contributed by atoms with E-state index in [-0.39, 0.29) is 0 Å². The van der Waals surface area contributed by atoms with Crippen molar-refractivity contribution in [3.05, 3.63) is 34.5 Å². The molecule has 5 heteroatoms. The third kappa shape index (κ3) is 4.58. The molecular formula is C15H21N3S2. The molecule has 2 aromatic rings. The Kier molecular flexibility index (Phi) is 5.57. The van der Waals surface area contributed by atoms with Crippen LogP contribution in [-0.4, -0.2) is 16.5 Å². The maximum absolute atomic E-state index is 4.57. The monoisotopic (exact) mass is 307 g/mol. The molecule has 2 rings (SSSR count). The van der Waals surface area contributed by atoms with E-state index in [9.17, 15) is 0 Å². The molecule has 0 spiro atoms. The fourth-order valence-electron chi connectivity index (χ4n) is 1.79. The van der Waals surface area contributed by atoms with Crippen LogP contribution in [0, 0.1) is 19.8 Å². The topological polar surface area (TPSA) is 37.8 Å². The van der Waals surface area contributed by atoms with Gasteiger partial charge in [-0.25, -0.2) is 9.97 Å². The molecule has 0 bridgehead atoms. The van der Waals surface area contributed by atoms with Crippen molar-refractivity contribution in [2.45, 2.75) is 43.6 Å². The number of aromatic nitrogens is 2. The van der Waals surface area contributed by atoms with Crippen molar-refractivity contribution >= 4 is 23.1 Å². The predicted molar refractivity (Wildman–Crippen MR) is 86.5 cm³/mol. The second kappa shape index (κ2) is 7.20. The zero-order valence-corrected chi connectivity index (χ0v) is 14.1. The summed E-state index contributed by atoms with van der Waals surface area (Å²) >= 11 is 3.32. The lowest BCUT2D eigenvalue weighted by molar-refractivity contribution is 0.551. The Bertz CT molecular complexity index is 564. The minimum atomic E-state index is 0.673. The molecule has 108 valence electrons. The van der Waals surface area contributed by atoms with Gasteiger partial charge in [0.05, 0.1) is 0 Å². The van der Waals surface area contributed by atoms with Crippen LogP contribution in [0.4, 0.5) is 0 Å². The summed E-state index contributed by atoms with van der Waals surface area (Å²) in [6.07, 6.45) is 1.96. The van der Waals surface area contributed by atoms with Crippen LogP contribution in [0.5, 0.6) is 0 Å². The van der Waals surface area contributed by atoms with E-state index in [1.165, 1.54) is 11.1 Å². The molecule has 0 atom stereocenters. The average Bonchev–Trinajstić information content (AvgIpc) is 2.78. The second-order valence-corrected chi connectivity index (χ2v) is 7.44. The first-order valence-corrected chi connectivity index (χ1v) is 8.50. The van der Waals surface area contributed by atoms with Gasteiger partial charge in [0.25, 0.3) is 0 Å². The van der Waals surface area contributed by atoms with E-state index < -0.39 is 0 Å². The van der Waals surface area contributed by atoms with Crippen LogP contribution in [0.3, 0.4) is 0 Å². The molecule has 2 aromatic heterocycles. The number of thiazole rings is 1. The highest BCUT2D eigenvalue weighted by molar-refractivity contribution is 8.01. The molecule has 0 aliphatic heterocycles. The van der Waals surface area contributed by atoms with Gasteiger partial charge in [-0.15, -0.1) is 11.3 Å². The van der Waals surface area contributed by atoms with Crippen LogP contribution in [0.15, 0.2) is 27.0 Å². The fourth-order valence-corrected chi connectivity index (χ4v) is 3.57. The normalized spacial score (nSPS) is 11.2. The maximum Gasteiger partial charge on any atom is 0.156 e. The van der Waals surface area contributed by atoms with Crippen LogP contribution in [0.25, 0.3) is 0 Å². The van der Waals surface area contributed by atoms with Crippen molar-refractivity contribution in [2.24, 2.45) is 5.92 Å². The summed E-state index contributed by atoms with van der Waals surface area (Å²) < 4.78 is 1.06. The van der Waals surface area contributed by atoms with Gasteiger partial charge in [-0.1, -0.05) is 19.9 Å². The number of pyridine rings is 1. The van der Waals surface area contributed by atoms with Crippen molar-refractivity contribution in [3.8, 4) is 0 Å². The summed E-state index contributed by atoms with van der Waals surface area (Å²) in [7, 11) is 0. The molecule has 3 nitrogen and oxygen atoms in total. The first kappa shape index (κ1) is 15.5. The van der Waals surface area contributed by atoms with Gasteiger partial charge in [-0.05, 0) is 49.2 Å². The Morgan fingerprint density at radius 2 is 2.15 bits per heavy atom. The van der Waals surface area contributed by atoms with Gasteiger partial charge >= 0.3 is 0 Å². The van der Waals surface area contributed by atoms with Gasteiger partial charge in [0.1, 0.15) is 5.03 Å². The van der Waals surface area contributed by atoms with E-state index in [2.05, 4.69) is 47.5 Å². The fraction of sp³-hybridized carbons (Fsp3) is 0.467. The number of nitrogens with zero attached hydrogens (tertiary/aromatic N) is 2. The molecule has 1 N–H and O–H groups in total. The Labute approximate surface area is 129 Å². The molecule has 0 saturated carbocycles. The zero-order valence-electron chi connectivity index (χ0n) is 12.4. The van der Waals surface area contributed by atoms with Crippen molar-refractivity contribution in [1.82, 2.24) is 15.3 Å². The van der Waals surface area contributed by atoms with Crippen molar-refractivity contribution in [3.63, 3.8) is 0 Å². The molecule has 2 heterocycles. The van der Waals surface area contributed by atoms with E-state index in [1.54, 1.807) is 23.1 Å². The van der Waals surface area contributed by atoms with Crippen LogP contribution in [-0.2, 0) is 6.54 Å². The third-order valence-corrected chi connectivity index (χ3v) is 4.93. The Morgan fingerprint density at radius 3 is 2.75 bits per heavy atom. The molecular weight excluding hydrogens is 286 g/mol. The highest BCUT2D eigenvalue weighted by atomic mass is 32.2. The first-order valence-electron chi connectivity index (χ1n) is 6.81. The van der Waals surface area contributed by atoms with Gasteiger partial charge in [-0.3, -0.25) is 0 Å². The SMILES string of the molecule is Cc1csc(Sc2ncc(CNCC(C)C)cc2C)n1. The molecule has 0 fully saturated rings. The van der Waals surface area contributed by atoms with Gasteiger partial charge < -0.3 is 5.32 Å². The molecule has 20 heavy (non-hydrogen) atoms. The third-order valence-electron chi connectivity index (χ3n) is 2.75. The van der Waals surface area contributed by atoms with Crippen molar-refractivity contribution in [1.29, 1.82) is 0 Å². The van der Waals surface area contributed by atoms with Crippen LogP contribution >= 0.6 is 23.1 Å². The van der Waals surface area contributed by atoms with E-state index in [0.29, 0.717) is 5.92 Å². The molecule has 0 unspecified atom stereocenters. The minimum Gasteiger partial charge on any atom is -0.312 e. The van der Waals surface area contributed by atoms with Crippen LogP contribution < -0.4 is 5.32 Å². The van der Waals surface area contributed by atoms with Crippen molar-refractivity contribution < 1.29 is 0 Å². The van der Waals surface area contributed by atoms with E-state index >= 15 is 0 Å². The first-order chi connectivity index (χ1) is 9.54. The average molecular weight is 307 g/mol. The lowest BCUT2D eigenvalue weighted by atomic mass is 10.2. The lowest BCUT2D eigenvalue weighted by Crippen LogP contribution is -2.19. The summed E-state index contributed by atoms with van der Waals surface area (Å²) in [4.78, 5) is 9.04. The molecule has 0 amide bonds. The molecule has 0 radical (unpaired) electrons. The van der Waals surface area contributed by atoms with E-state index in [1.807, 2.05) is 13.1 Å². The Hall–Kier alpha value is -0.910. The van der Waals surface area contributed by atoms with Gasteiger partial charge in [-0.2, -0.15) is 0 Å². The number of rotatable bonds is 6. The smallest absolute Gasteiger partial charge is 0.156 e. The summed E-state index contributed by atoms with van der Waals surface area (Å²) in [6.45, 7) is 10.5. The summed E-state index contributed by atoms with van der Waals surface area (Å²) in [5.41, 5.74) is 3.53. The summed E-state index contributed by atoms with van der Waals surface area (Å²) in [5.74, 6) is 0.673. The van der Waals surface area contributed by atoms with Gasteiger partial charge in [0.15, 0.2) is 4.34 Å². The Balaban J connectivity index is 1.98. The molecule has 0 aliphatic carbocycles. The quantitative estimate of drug-likeness (QED) is 0.873. The molecule has 0 saturated heterocycles. The highest BCUT2D eigenvalue weighted by Gasteiger charge is 2.07.